The zero-order chi connectivity index (χ0) is 18.7. The highest BCUT2D eigenvalue weighted by atomic mass is 35.5. The van der Waals surface area contributed by atoms with Gasteiger partial charge in [0, 0.05) is 17.1 Å². The summed E-state index contributed by atoms with van der Waals surface area (Å²) in [6.07, 6.45) is -3.00. The number of alkyl halides is 3. The Morgan fingerprint density at radius 3 is 2.54 bits per heavy atom. The van der Waals surface area contributed by atoms with Gasteiger partial charge in [-0.15, -0.1) is 0 Å². The highest BCUT2D eigenvalue weighted by Gasteiger charge is 2.29. The normalized spacial score (nSPS) is 11.4. The number of hydrogen-bond donors (Lipinski definition) is 2. The Bertz CT molecular complexity index is 920. The third-order valence-corrected chi connectivity index (χ3v) is 3.97. The van der Waals surface area contributed by atoms with E-state index in [1.807, 2.05) is 0 Å². The minimum Gasteiger partial charge on any atom is -0.348 e. The molecule has 134 valence electrons. The number of H-pyrrole nitrogens is 1. The second-order valence-electron chi connectivity index (χ2n) is 5.55. The number of amides is 1. The fourth-order valence-corrected chi connectivity index (χ4v) is 2.60. The average molecular weight is 380 g/mol. The molecule has 1 heterocycles. The minimum absolute atomic E-state index is 0.0944. The van der Waals surface area contributed by atoms with Gasteiger partial charge in [-0.1, -0.05) is 35.9 Å². The average Bonchev–Trinajstić information content (AvgIpc) is 3.09. The molecule has 2 aromatic carbocycles. The number of hydrogen-bond acceptors (Lipinski definition) is 2. The number of carbonyl (C=O) groups is 1. The molecular formula is C18H13ClF3N3O. The summed E-state index contributed by atoms with van der Waals surface area (Å²) < 4.78 is 37.7. The van der Waals surface area contributed by atoms with Crippen molar-refractivity contribution in [3.63, 3.8) is 0 Å². The van der Waals surface area contributed by atoms with E-state index >= 15 is 0 Å². The molecule has 26 heavy (non-hydrogen) atoms. The van der Waals surface area contributed by atoms with E-state index in [1.165, 1.54) is 18.3 Å². The lowest BCUT2D eigenvalue weighted by Crippen LogP contribution is -2.23. The van der Waals surface area contributed by atoms with E-state index in [0.29, 0.717) is 27.4 Å². The summed E-state index contributed by atoms with van der Waals surface area (Å²) in [5.41, 5.74) is 1.36. The first kappa shape index (κ1) is 18.0. The van der Waals surface area contributed by atoms with Gasteiger partial charge in [-0.2, -0.15) is 18.3 Å². The Morgan fingerprint density at radius 1 is 1.15 bits per heavy atom. The fraction of sp³-hybridized carbons (Fsp3) is 0.111. The number of aromatic amines is 1. The maximum Gasteiger partial charge on any atom is 0.416 e. The van der Waals surface area contributed by atoms with Crippen molar-refractivity contribution < 1.29 is 18.0 Å². The van der Waals surface area contributed by atoms with E-state index in [1.54, 1.807) is 24.3 Å². The largest absolute Gasteiger partial charge is 0.416 e. The number of nitrogens with zero attached hydrogens (tertiary/aromatic N) is 1. The van der Waals surface area contributed by atoms with Crippen molar-refractivity contribution in [2.75, 3.05) is 0 Å². The van der Waals surface area contributed by atoms with Crippen LogP contribution in [0, 0.1) is 0 Å². The lowest BCUT2D eigenvalue weighted by molar-refractivity contribution is -0.137. The number of aromatic nitrogens is 2. The van der Waals surface area contributed by atoms with E-state index in [0.717, 1.165) is 12.1 Å². The van der Waals surface area contributed by atoms with Crippen molar-refractivity contribution in [3.8, 4) is 11.3 Å². The van der Waals surface area contributed by atoms with Crippen LogP contribution >= 0.6 is 11.6 Å². The molecule has 0 atom stereocenters. The van der Waals surface area contributed by atoms with Crippen LogP contribution in [0.3, 0.4) is 0 Å². The van der Waals surface area contributed by atoms with Gasteiger partial charge in [-0.05, 0) is 29.8 Å². The number of benzene rings is 2. The number of carbonyl (C=O) groups excluding carboxylic acids is 1. The number of rotatable bonds is 4. The van der Waals surface area contributed by atoms with E-state index < -0.39 is 17.6 Å². The van der Waals surface area contributed by atoms with E-state index in [4.69, 9.17) is 11.6 Å². The second kappa shape index (κ2) is 7.21. The Kier molecular flexibility index (Phi) is 4.99. The van der Waals surface area contributed by atoms with Gasteiger partial charge in [0.1, 0.15) is 0 Å². The molecule has 0 aliphatic rings. The van der Waals surface area contributed by atoms with Crippen molar-refractivity contribution >= 4 is 17.5 Å². The lowest BCUT2D eigenvalue weighted by atomic mass is 10.1. The number of nitrogens with one attached hydrogen (secondary N) is 2. The van der Waals surface area contributed by atoms with E-state index in [2.05, 4.69) is 15.5 Å². The van der Waals surface area contributed by atoms with Gasteiger partial charge < -0.3 is 5.32 Å². The molecule has 0 aliphatic heterocycles. The van der Waals surface area contributed by atoms with Crippen molar-refractivity contribution in [2.45, 2.75) is 12.7 Å². The SMILES string of the molecule is O=C(NCc1ccc(C(F)(F)F)cc1)c1cn[nH]c1-c1cccc(Cl)c1. The quantitative estimate of drug-likeness (QED) is 0.691. The smallest absolute Gasteiger partial charge is 0.348 e. The maximum absolute atomic E-state index is 12.6. The summed E-state index contributed by atoms with van der Waals surface area (Å²) in [4.78, 5) is 12.4. The maximum atomic E-state index is 12.6. The van der Waals surface area contributed by atoms with Gasteiger partial charge in [0.15, 0.2) is 0 Å². The lowest BCUT2D eigenvalue weighted by Gasteiger charge is -2.09. The third-order valence-electron chi connectivity index (χ3n) is 3.73. The molecule has 0 radical (unpaired) electrons. The summed E-state index contributed by atoms with van der Waals surface area (Å²) >= 11 is 5.96. The zero-order valence-electron chi connectivity index (χ0n) is 13.3. The highest BCUT2D eigenvalue weighted by Crippen LogP contribution is 2.29. The van der Waals surface area contributed by atoms with Crippen LogP contribution in [0.5, 0.6) is 0 Å². The van der Waals surface area contributed by atoms with Crippen LogP contribution in [-0.2, 0) is 12.7 Å². The summed E-state index contributed by atoms with van der Waals surface area (Å²) in [6.45, 7) is 0.0944. The first-order valence-electron chi connectivity index (χ1n) is 7.58. The summed E-state index contributed by atoms with van der Waals surface area (Å²) in [5.74, 6) is -0.395. The second-order valence-corrected chi connectivity index (χ2v) is 5.98. The Morgan fingerprint density at radius 2 is 1.88 bits per heavy atom. The fourth-order valence-electron chi connectivity index (χ4n) is 2.41. The van der Waals surface area contributed by atoms with Crippen LogP contribution in [0.15, 0.2) is 54.7 Å². The molecule has 8 heteroatoms. The van der Waals surface area contributed by atoms with Crippen molar-refractivity contribution in [1.82, 2.24) is 15.5 Å². The van der Waals surface area contributed by atoms with E-state index in [9.17, 15) is 18.0 Å². The zero-order valence-corrected chi connectivity index (χ0v) is 14.0. The predicted molar refractivity (Wildman–Crippen MR) is 91.6 cm³/mol. The van der Waals surface area contributed by atoms with Crippen LogP contribution in [0.25, 0.3) is 11.3 Å². The monoisotopic (exact) mass is 379 g/mol. The molecule has 3 rings (SSSR count). The Hall–Kier alpha value is -2.80. The molecule has 1 amide bonds. The van der Waals surface area contributed by atoms with Crippen molar-refractivity contribution in [3.05, 3.63) is 76.4 Å². The molecule has 0 spiro atoms. The molecule has 1 aromatic heterocycles. The molecule has 0 aliphatic carbocycles. The molecule has 3 aromatic rings. The summed E-state index contributed by atoms with van der Waals surface area (Å²) in [7, 11) is 0. The van der Waals surface area contributed by atoms with Gasteiger partial charge >= 0.3 is 6.18 Å². The van der Waals surface area contributed by atoms with Gasteiger partial charge in [0.05, 0.1) is 23.0 Å². The highest BCUT2D eigenvalue weighted by molar-refractivity contribution is 6.30. The van der Waals surface area contributed by atoms with Gasteiger partial charge in [-0.3, -0.25) is 9.89 Å². The molecule has 0 saturated heterocycles. The minimum atomic E-state index is -4.38. The Balaban J connectivity index is 1.71. The van der Waals surface area contributed by atoms with E-state index in [-0.39, 0.29) is 6.54 Å². The summed E-state index contributed by atoms with van der Waals surface area (Å²) in [5, 5.41) is 9.84. The van der Waals surface area contributed by atoms with Gasteiger partial charge in [-0.25, -0.2) is 0 Å². The molecule has 2 N–H and O–H groups in total. The third kappa shape index (κ3) is 4.05. The first-order chi connectivity index (χ1) is 12.3. The van der Waals surface area contributed by atoms with Crippen LogP contribution in [-0.4, -0.2) is 16.1 Å². The molecule has 0 saturated carbocycles. The Labute approximate surface area is 152 Å². The molecular weight excluding hydrogens is 367 g/mol. The van der Waals surface area contributed by atoms with Crippen LogP contribution in [0.4, 0.5) is 13.2 Å². The molecule has 0 unspecified atom stereocenters. The van der Waals surface area contributed by atoms with Gasteiger partial charge in [0.2, 0.25) is 0 Å². The van der Waals surface area contributed by atoms with Crippen molar-refractivity contribution in [1.29, 1.82) is 0 Å². The van der Waals surface area contributed by atoms with Crippen LogP contribution in [0.2, 0.25) is 5.02 Å². The van der Waals surface area contributed by atoms with Crippen molar-refractivity contribution in [2.24, 2.45) is 0 Å². The standard InChI is InChI=1S/C18H13ClF3N3O/c19-14-3-1-2-12(8-14)16-15(10-24-25-16)17(26)23-9-11-4-6-13(7-5-11)18(20,21)22/h1-8,10H,9H2,(H,23,26)(H,24,25). The predicted octanol–water partition coefficient (Wildman–Crippen LogP) is 4.68. The first-order valence-corrected chi connectivity index (χ1v) is 7.96. The summed E-state index contributed by atoms with van der Waals surface area (Å²) in [6, 6.07) is 11.6. The number of halogens is 4. The molecule has 0 fully saturated rings. The topological polar surface area (TPSA) is 57.8 Å². The van der Waals surface area contributed by atoms with Crippen LogP contribution in [0.1, 0.15) is 21.5 Å². The molecule has 4 nitrogen and oxygen atoms in total. The van der Waals surface area contributed by atoms with Crippen LogP contribution < -0.4 is 5.32 Å². The molecule has 0 bridgehead atoms. The van der Waals surface area contributed by atoms with Gasteiger partial charge in [0.25, 0.3) is 5.91 Å².